The summed E-state index contributed by atoms with van der Waals surface area (Å²) >= 11 is 0. The first kappa shape index (κ1) is 11.7. The Kier molecular flexibility index (Phi) is 5.23. The van der Waals surface area contributed by atoms with Crippen molar-refractivity contribution in [2.75, 3.05) is 33.2 Å². The molecule has 0 aromatic heterocycles. The van der Waals surface area contributed by atoms with E-state index in [1.807, 2.05) is 6.92 Å². The number of piperazine rings is 1. The average molecular weight is 190 g/mol. The molecule has 0 spiro atoms. The lowest BCUT2D eigenvalue weighted by molar-refractivity contribution is 0.139. The molecule has 70 valence electrons. The lowest BCUT2D eigenvalue weighted by atomic mass is 10.2. The number of halogens is 1. The zero-order valence-corrected chi connectivity index (χ0v) is 8.47. The standard InChI is InChI=1S/C8H15N3.ClH/c1-8(7-9)11-5-3-10(2)4-6-11;/h8H,3-6H2,1-2H3;1H. The predicted octanol–water partition coefficient (Wildman–Crippen LogP) is 0.568. The van der Waals surface area contributed by atoms with Crippen molar-refractivity contribution in [1.29, 1.82) is 5.26 Å². The molecule has 0 aliphatic carbocycles. The van der Waals surface area contributed by atoms with Crippen molar-refractivity contribution in [3.63, 3.8) is 0 Å². The van der Waals surface area contributed by atoms with E-state index in [1.54, 1.807) is 0 Å². The van der Waals surface area contributed by atoms with Gasteiger partial charge in [0.15, 0.2) is 0 Å². The summed E-state index contributed by atoms with van der Waals surface area (Å²) in [5.41, 5.74) is 0. The highest BCUT2D eigenvalue weighted by molar-refractivity contribution is 5.85. The van der Waals surface area contributed by atoms with Gasteiger partial charge in [0.2, 0.25) is 0 Å². The van der Waals surface area contributed by atoms with Crippen molar-refractivity contribution in [2.45, 2.75) is 13.0 Å². The van der Waals surface area contributed by atoms with Crippen molar-refractivity contribution in [3.8, 4) is 6.07 Å². The van der Waals surface area contributed by atoms with Gasteiger partial charge in [0.25, 0.3) is 0 Å². The molecule has 0 amide bonds. The second-order valence-corrected chi connectivity index (χ2v) is 3.14. The Bertz CT molecular complexity index is 158. The first-order chi connectivity index (χ1) is 5.24. The van der Waals surface area contributed by atoms with E-state index in [0.717, 1.165) is 26.2 Å². The SMILES string of the molecule is CC(C#N)N1CCN(C)CC1.Cl. The molecule has 1 fully saturated rings. The molecule has 0 aromatic rings. The molecule has 1 aliphatic rings. The Balaban J connectivity index is 0.00000121. The summed E-state index contributed by atoms with van der Waals surface area (Å²) in [5.74, 6) is 0. The maximum absolute atomic E-state index is 8.65. The lowest BCUT2D eigenvalue weighted by Crippen LogP contribution is -2.47. The maximum atomic E-state index is 8.65. The second-order valence-electron chi connectivity index (χ2n) is 3.14. The molecule has 0 aromatic carbocycles. The summed E-state index contributed by atoms with van der Waals surface area (Å²) in [5, 5.41) is 8.65. The molecule has 1 atom stereocenters. The molecule has 1 rings (SSSR count). The van der Waals surface area contributed by atoms with Crippen molar-refractivity contribution in [1.82, 2.24) is 9.80 Å². The Morgan fingerprint density at radius 1 is 1.25 bits per heavy atom. The molecule has 1 heterocycles. The van der Waals surface area contributed by atoms with E-state index in [1.165, 1.54) is 0 Å². The molecule has 0 saturated carbocycles. The zero-order chi connectivity index (χ0) is 8.27. The maximum Gasteiger partial charge on any atom is 0.0950 e. The summed E-state index contributed by atoms with van der Waals surface area (Å²) in [7, 11) is 2.12. The van der Waals surface area contributed by atoms with Gasteiger partial charge in [-0.25, -0.2) is 0 Å². The van der Waals surface area contributed by atoms with Crippen molar-refractivity contribution < 1.29 is 0 Å². The third-order valence-corrected chi connectivity index (χ3v) is 2.27. The Hall–Kier alpha value is -0.300. The molecule has 12 heavy (non-hydrogen) atoms. The Morgan fingerprint density at radius 3 is 2.17 bits per heavy atom. The molecular formula is C8H16ClN3. The minimum absolute atomic E-state index is 0. The van der Waals surface area contributed by atoms with E-state index in [2.05, 4.69) is 22.9 Å². The second kappa shape index (κ2) is 5.36. The first-order valence-corrected chi connectivity index (χ1v) is 4.06. The Morgan fingerprint density at radius 2 is 1.75 bits per heavy atom. The quantitative estimate of drug-likeness (QED) is 0.604. The minimum Gasteiger partial charge on any atom is -0.304 e. The van der Waals surface area contributed by atoms with Crippen LogP contribution in [0.15, 0.2) is 0 Å². The van der Waals surface area contributed by atoms with Gasteiger partial charge in [-0.15, -0.1) is 12.4 Å². The van der Waals surface area contributed by atoms with Gasteiger partial charge in [0, 0.05) is 26.2 Å². The van der Waals surface area contributed by atoms with Crippen LogP contribution >= 0.6 is 12.4 Å². The summed E-state index contributed by atoms with van der Waals surface area (Å²) < 4.78 is 0. The number of nitrogens with zero attached hydrogens (tertiary/aromatic N) is 3. The van der Waals surface area contributed by atoms with E-state index < -0.39 is 0 Å². The molecular weight excluding hydrogens is 174 g/mol. The lowest BCUT2D eigenvalue weighted by Gasteiger charge is -2.33. The first-order valence-electron chi connectivity index (χ1n) is 4.06. The van der Waals surface area contributed by atoms with E-state index in [-0.39, 0.29) is 18.4 Å². The predicted molar refractivity (Wildman–Crippen MR) is 51.4 cm³/mol. The smallest absolute Gasteiger partial charge is 0.0950 e. The monoisotopic (exact) mass is 189 g/mol. The van der Waals surface area contributed by atoms with Crippen LogP contribution in [-0.2, 0) is 0 Å². The van der Waals surface area contributed by atoms with Crippen LogP contribution in [0, 0.1) is 11.3 Å². The van der Waals surface area contributed by atoms with Gasteiger partial charge >= 0.3 is 0 Å². The molecule has 1 saturated heterocycles. The van der Waals surface area contributed by atoms with E-state index in [9.17, 15) is 0 Å². The fourth-order valence-electron chi connectivity index (χ4n) is 1.29. The number of rotatable bonds is 1. The highest BCUT2D eigenvalue weighted by atomic mass is 35.5. The average Bonchev–Trinajstić information content (AvgIpc) is 2.05. The van der Waals surface area contributed by atoms with Gasteiger partial charge in [-0.05, 0) is 14.0 Å². The van der Waals surface area contributed by atoms with Crippen LogP contribution in [0.3, 0.4) is 0 Å². The third kappa shape index (κ3) is 2.98. The van der Waals surface area contributed by atoms with Crippen molar-refractivity contribution in [3.05, 3.63) is 0 Å². The minimum atomic E-state index is 0. The number of hydrogen-bond donors (Lipinski definition) is 0. The molecule has 3 nitrogen and oxygen atoms in total. The summed E-state index contributed by atoms with van der Waals surface area (Å²) in [4.78, 5) is 4.51. The number of nitriles is 1. The molecule has 1 unspecified atom stereocenters. The third-order valence-electron chi connectivity index (χ3n) is 2.27. The topological polar surface area (TPSA) is 30.3 Å². The van der Waals surface area contributed by atoms with Gasteiger partial charge < -0.3 is 4.90 Å². The fourth-order valence-corrected chi connectivity index (χ4v) is 1.29. The molecule has 0 N–H and O–H groups in total. The molecule has 1 aliphatic heterocycles. The van der Waals surface area contributed by atoms with Crippen LogP contribution in [0.4, 0.5) is 0 Å². The highest BCUT2D eigenvalue weighted by Gasteiger charge is 2.17. The van der Waals surface area contributed by atoms with E-state index in [0.29, 0.717) is 0 Å². The van der Waals surface area contributed by atoms with Crippen LogP contribution in [0.5, 0.6) is 0 Å². The fraction of sp³-hybridized carbons (Fsp3) is 0.875. The van der Waals surface area contributed by atoms with Crippen LogP contribution in [0.25, 0.3) is 0 Å². The summed E-state index contributed by atoms with van der Waals surface area (Å²) in [6.07, 6.45) is 0. The van der Waals surface area contributed by atoms with Crippen LogP contribution in [-0.4, -0.2) is 49.1 Å². The largest absolute Gasteiger partial charge is 0.304 e. The molecule has 0 bridgehead atoms. The van der Waals surface area contributed by atoms with Gasteiger partial charge in [-0.2, -0.15) is 5.26 Å². The van der Waals surface area contributed by atoms with Gasteiger partial charge in [0.1, 0.15) is 0 Å². The van der Waals surface area contributed by atoms with Gasteiger partial charge in [-0.1, -0.05) is 0 Å². The summed E-state index contributed by atoms with van der Waals surface area (Å²) in [6, 6.07) is 2.34. The van der Waals surface area contributed by atoms with Crippen LogP contribution < -0.4 is 0 Å². The molecule has 4 heteroatoms. The number of hydrogen-bond acceptors (Lipinski definition) is 3. The van der Waals surface area contributed by atoms with Crippen molar-refractivity contribution >= 4 is 12.4 Å². The van der Waals surface area contributed by atoms with E-state index >= 15 is 0 Å². The van der Waals surface area contributed by atoms with Crippen LogP contribution in [0.2, 0.25) is 0 Å². The van der Waals surface area contributed by atoms with Gasteiger partial charge in [-0.3, -0.25) is 4.90 Å². The zero-order valence-electron chi connectivity index (χ0n) is 7.66. The van der Waals surface area contributed by atoms with Crippen molar-refractivity contribution in [2.24, 2.45) is 0 Å². The number of likely N-dealkylation sites (N-methyl/N-ethyl adjacent to an activating group) is 1. The summed E-state index contributed by atoms with van der Waals surface area (Å²) in [6.45, 7) is 6.21. The van der Waals surface area contributed by atoms with E-state index in [4.69, 9.17) is 5.26 Å². The normalized spacial score (nSPS) is 22.4. The van der Waals surface area contributed by atoms with Gasteiger partial charge in [0.05, 0.1) is 12.1 Å². The van der Waals surface area contributed by atoms with Crippen LogP contribution in [0.1, 0.15) is 6.92 Å². The molecule has 0 radical (unpaired) electrons. The highest BCUT2D eigenvalue weighted by Crippen LogP contribution is 2.03. The Labute approximate surface area is 80.4 Å².